The second kappa shape index (κ2) is 7.29. The lowest BCUT2D eigenvalue weighted by Gasteiger charge is -2.31. The number of nitrogens with zero attached hydrogens (tertiary/aromatic N) is 3. The van der Waals surface area contributed by atoms with E-state index >= 15 is 0 Å². The highest BCUT2D eigenvalue weighted by atomic mass is 16.5. The molecule has 3 rings (SSSR count). The lowest BCUT2D eigenvalue weighted by molar-refractivity contribution is 0.111. The Morgan fingerprint density at radius 3 is 2.54 bits per heavy atom. The van der Waals surface area contributed by atoms with Gasteiger partial charge in [-0.15, -0.1) is 0 Å². The Labute approximate surface area is 141 Å². The number of urea groups is 1. The van der Waals surface area contributed by atoms with Crippen LogP contribution in [-0.4, -0.2) is 40.1 Å². The SMILES string of the molecule is Cc1ccc(NC(=O)N2CCC(Oc3ccnc(C)n3)CC2)cc1. The maximum Gasteiger partial charge on any atom is 0.321 e. The van der Waals surface area contributed by atoms with Gasteiger partial charge in [-0.05, 0) is 26.0 Å². The summed E-state index contributed by atoms with van der Waals surface area (Å²) in [6.45, 7) is 5.21. The Hall–Kier alpha value is -2.63. The molecular weight excluding hydrogens is 304 g/mol. The number of amides is 2. The van der Waals surface area contributed by atoms with Gasteiger partial charge in [-0.1, -0.05) is 17.7 Å². The monoisotopic (exact) mass is 326 g/mol. The van der Waals surface area contributed by atoms with Gasteiger partial charge in [-0.25, -0.2) is 9.78 Å². The first kappa shape index (κ1) is 16.2. The molecule has 1 aromatic heterocycles. The average Bonchev–Trinajstić information content (AvgIpc) is 2.57. The minimum Gasteiger partial charge on any atom is -0.474 e. The van der Waals surface area contributed by atoms with Crippen LogP contribution in [0, 0.1) is 13.8 Å². The molecule has 1 N–H and O–H groups in total. The first-order valence-electron chi connectivity index (χ1n) is 8.19. The van der Waals surface area contributed by atoms with Crippen LogP contribution in [-0.2, 0) is 0 Å². The van der Waals surface area contributed by atoms with Crippen LogP contribution in [0.25, 0.3) is 0 Å². The Morgan fingerprint density at radius 1 is 1.17 bits per heavy atom. The van der Waals surface area contributed by atoms with Gasteiger partial charge in [0.2, 0.25) is 5.88 Å². The molecular formula is C18H22N4O2. The standard InChI is InChI=1S/C18H22N4O2/c1-13-3-5-15(6-4-13)21-18(23)22-11-8-16(9-12-22)24-17-7-10-19-14(2)20-17/h3-7,10,16H,8-9,11-12H2,1-2H3,(H,21,23). The topological polar surface area (TPSA) is 67.4 Å². The molecule has 1 fully saturated rings. The summed E-state index contributed by atoms with van der Waals surface area (Å²) in [5, 5.41) is 2.94. The summed E-state index contributed by atoms with van der Waals surface area (Å²) in [5.41, 5.74) is 1.99. The molecule has 1 aliphatic heterocycles. The highest BCUT2D eigenvalue weighted by Gasteiger charge is 2.24. The number of rotatable bonds is 3. The van der Waals surface area contributed by atoms with Gasteiger partial charge in [0.25, 0.3) is 0 Å². The molecule has 2 heterocycles. The van der Waals surface area contributed by atoms with E-state index in [1.165, 1.54) is 5.56 Å². The van der Waals surface area contributed by atoms with E-state index in [0.29, 0.717) is 24.8 Å². The normalized spacial score (nSPS) is 15.2. The molecule has 0 radical (unpaired) electrons. The Balaban J connectivity index is 1.49. The zero-order valence-electron chi connectivity index (χ0n) is 14.0. The number of ether oxygens (including phenoxy) is 1. The number of aromatic nitrogens is 2. The number of nitrogens with one attached hydrogen (secondary N) is 1. The fraction of sp³-hybridized carbons (Fsp3) is 0.389. The Bertz CT molecular complexity index is 694. The molecule has 0 unspecified atom stereocenters. The van der Waals surface area contributed by atoms with Crippen LogP contribution in [0.3, 0.4) is 0 Å². The maximum atomic E-state index is 12.3. The first-order valence-corrected chi connectivity index (χ1v) is 8.19. The molecule has 1 aromatic carbocycles. The first-order chi connectivity index (χ1) is 11.6. The van der Waals surface area contributed by atoms with E-state index in [0.717, 1.165) is 18.5 Å². The lowest BCUT2D eigenvalue weighted by Crippen LogP contribution is -2.43. The number of hydrogen-bond donors (Lipinski definition) is 1. The molecule has 2 amide bonds. The van der Waals surface area contributed by atoms with Gasteiger partial charge in [-0.3, -0.25) is 0 Å². The second-order valence-electron chi connectivity index (χ2n) is 6.04. The number of hydrogen-bond acceptors (Lipinski definition) is 4. The third-order valence-electron chi connectivity index (χ3n) is 4.07. The fourth-order valence-corrected chi connectivity index (χ4v) is 2.69. The molecule has 6 heteroatoms. The van der Waals surface area contributed by atoms with Crippen molar-refractivity contribution in [3.8, 4) is 5.88 Å². The van der Waals surface area contributed by atoms with Gasteiger partial charge in [0.1, 0.15) is 11.9 Å². The highest BCUT2D eigenvalue weighted by Crippen LogP contribution is 2.18. The molecule has 0 aliphatic carbocycles. The fourth-order valence-electron chi connectivity index (χ4n) is 2.69. The summed E-state index contributed by atoms with van der Waals surface area (Å²) >= 11 is 0. The van der Waals surface area contributed by atoms with Crippen LogP contribution < -0.4 is 10.1 Å². The van der Waals surface area contributed by atoms with Gasteiger partial charge in [0.15, 0.2) is 0 Å². The summed E-state index contributed by atoms with van der Waals surface area (Å²) < 4.78 is 5.89. The summed E-state index contributed by atoms with van der Waals surface area (Å²) in [5.74, 6) is 1.30. The van der Waals surface area contributed by atoms with Gasteiger partial charge >= 0.3 is 6.03 Å². The molecule has 2 aromatic rings. The van der Waals surface area contributed by atoms with Crippen LogP contribution in [0.4, 0.5) is 10.5 Å². The van der Waals surface area contributed by atoms with E-state index < -0.39 is 0 Å². The Morgan fingerprint density at radius 2 is 1.88 bits per heavy atom. The minimum atomic E-state index is -0.0600. The van der Waals surface area contributed by atoms with Crippen molar-refractivity contribution in [1.29, 1.82) is 0 Å². The van der Waals surface area contributed by atoms with Gasteiger partial charge in [0, 0.05) is 43.9 Å². The molecule has 126 valence electrons. The second-order valence-corrected chi connectivity index (χ2v) is 6.04. The van der Waals surface area contributed by atoms with Crippen molar-refractivity contribution >= 4 is 11.7 Å². The van der Waals surface area contributed by atoms with Crippen LogP contribution in [0.5, 0.6) is 5.88 Å². The van der Waals surface area contributed by atoms with Crippen molar-refractivity contribution in [2.24, 2.45) is 0 Å². The molecule has 0 atom stereocenters. The third kappa shape index (κ3) is 4.22. The summed E-state index contributed by atoms with van der Waals surface area (Å²) in [6.07, 6.45) is 3.37. The van der Waals surface area contributed by atoms with Gasteiger partial charge in [-0.2, -0.15) is 4.98 Å². The van der Waals surface area contributed by atoms with Crippen molar-refractivity contribution in [2.45, 2.75) is 32.8 Å². The van der Waals surface area contributed by atoms with Gasteiger partial charge in [0.05, 0.1) is 0 Å². The quantitative estimate of drug-likeness (QED) is 0.941. The van der Waals surface area contributed by atoms with E-state index in [9.17, 15) is 4.79 Å². The zero-order valence-corrected chi connectivity index (χ0v) is 14.0. The number of aryl methyl sites for hydroxylation is 2. The zero-order chi connectivity index (χ0) is 16.9. The molecule has 0 spiro atoms. The van der Waals surface area contributed by atoms with Crippen LogP contribution in [0.2, 0.25) is 0 Å². The molecule has 0 saturated carbocycles. The van der Waals surface area contributed by atoms with E-state index in [1.807, 2.05) is 43.0 Å². The van der Waals surface area contributed by atoms with Crippen LogP contribution in [0.1, 0.15) is 24.2 Å². The molecule has 1 saturated heterocycles. The number of piperidine rings is 1. The predicted molar refractivity (Wildman–Crippen MR) is 92.2 cm³/mol. The van der Waals surface area contributed by atoms with Crippen molar-refractivity contribution in [3.63, 3.8) is 0 Å². The van der Waals surface area contributed by atoms with E-state index in [2.05, 4.69) is 15.3 Å². The molecule has 0 bridgehead atoms. The third-order valence-corrected chi connectivity index (χ3v) is 4.07. The smallest absolute Gasteiger partial charge is 0.321 e. The number of likely N-dealkylation sites (tertiary alicyclic amines) is 1. The summed E-state index contributed by atoms with van der Waals surface area (Å²) in [7, 11) is 0. The minimum absolute atomic E-state index is 0.0600. The summed E-state index contributed by atoms with van der Waals surface area (Å²) in [6, 6.07) is 9.51. The number of anilines is 1. The molecule has 1 aliphatic rings. The number of carbonyl (C=O) groups excluding carboxylic acids is 1. The average molecular weight is 326 g/mol. The lowest BCUT2D eigenvalue weighted by atomic mass is 10.1. The van der Waals surface area contributed by atoms with E-state index in [-0.39, 0.29) is 12.1 Å². The van der Waals surface area contributed by atoms with E-state index in [4.69, 9.17) is 4.74 Å². The van der Waals surface area contributed by atoms with Crippen molar-refractivity contribution in [2.75, 3.05) is 18.4 Å². The van der Waals surface area contributed by atoms with Crippen LogP contribution >= 0.6 is 0 Å². The summed E-state index contributed by atoms with van der Waals surface area (Å²) in [4.78, 5) is 22.5. The molecule has 24 heavy (non-hydrogen) atoms. The van der Waals surface area contributed by atoms with Gasteiger partial charge < -0.3 is 15.0 Å². The van der Waals surface area contributed by atoms with Crippen molar-refractivity contribution in [1.82, 2.24) is 14.9 Å². The number of benzene rings is 1. The van der Waals surface area contributed by atoms with E-state index in [1.54, 1.807) is 12.3 Å². The van der Waals surface area contributed by atoms with Crippen molar-refractivity contribution < 1.29 is 9.53 Å². The Kier molecular flexibility index (Phi) is 4.93. The van der Waals surface area contributed by atoms with Crippen molar-refractivity contribution in [3.05, 3.63) is 47.9 Å². The van der Waals surface area contributed by atoms with Crippen LogP contribution in [0.15, 0.2) is 36.5 Å². The largest absolute Gasteiger partial charge is 0.474 e. The maximum absolute atomic E-state index is 12.3. The number of carbonyl (C=O) groups is 1. The predicted octanol–water partition coefficient (Wildman–Crippen LogP) is 3.17. The highest BCUT2D eigenvalue weighted by molar-refractivity contribution is 5.89. The molecule has 6 nitrogen and oxygen atoms in total.